The SMILES string of the molecule is c1ccc(-c2ccc(N(c3cc(-c4ccccc4)cc(-c4ccccc4)c3)c3ccc(-c4cccc5c4sc4ccccc45)c4oc5c6ccccc6ccc5c34)cc2)cc1. The summed E-state index contributed by atoms with van der Waals surface area (Å²) in [5, 5.41) is 6.97. The van der Waals surface area contributed by atoms with Gasteiger partial charge < -0.3 is 9.32 Å². The van der Waals surface area contributed by atoms with Crippen LogP contribution in [0.25, 0.3) is 97.4 Å². The molecule has 2 nitrogen and oxygen atoms in total. The van der Waals surface area contributed by atoms with E-state index in [0.717, 1.165) is 77.6 Å². The highest BCUT2D eigenvalue weighted by molar-refractivity contribution is 7.26. The molecule has 12 aromatic rings. The lowest BCUT2D eigenvalue weighted by Gasteiger charge is -2.28. The van der Waals surface area contributed by atoms with Crippen LogP contribution in [0.3, 0.4) is 0 Å². The zero-order valence-electron chi connectivity index (χ0n) is 33.1. The highest BCUT2D eigenvalue weighted by Crippen LogP contribution is 2.50. The van der Waals surface area contributed by atoms with E-state index in [-0.39, 0.29) is 0 Å². The van der Waals surface area contributed by atoms with Gasteiger partial charge in [-0.25, -0.2) is 0 Å². The highest BCUT2D eigenvalue weighted by atomic mass is 32.1. The summed E-state index contributed by atoms with van der Waals surface area (Å²) in [7, 11) is 0. The molecular formula is C58H37NOS. The monoisotopic (exact) mass is 795 g/mol. The molecule has 2 heterocycles. The van der Waals surface area contributed by atoms with E-state index in [4.69, 9.17) is 4.42 Å². The Morgan fingerprint density at radius 1 is 0.344 bits per heavy atom. The molecule has 0 aliphatic carbocycles. The molecule has 0 fully saturated rings. The maximum Gasteiger partial charge on any atom is 0.145 e. The van der Waals surface area contributed by atoms with Crippen molar-refractivity contribution >= 4 is 81.3 Å². The van der Waals surface area contributed by atoms with Gasteiger partial charge >= 0.3 is 0 Å². The summed E-state index contributed by atoms with van der Waals surface area (Å²) in [6, 6.07) is 81.1. The van der Waals surface area contributed by atoms with Crippen molar-refractivity contribution in [2.75, 3.05) is 4.90 Å². The largest absolute Gasteiger partial charge is 0.455 e. The van der Waals surface area contributed by atoms with Crippen LogP contribution in [0, 0.1) is 0 Å². The van der Waals surface area contributed by atoms with Gasteiger partial charge in [0.25, 0.3) is 0 Å². The first-order valence-electron chi connectivity index (χ1n) is 20.7. The number of fused-ring (bicyclic) bond motifs is 8. The molecule has 12 rings (SSSR count). The van der Waals surface area contributed by atoms with Gasteiger partial charge in [-0.05, 0) is 93.4 Å². The molecule has 0 N–H and O–H groups in total. The molecule has 61 heavy (non-hydrogen) atoms. The van der Waals surface area contributed by atoms with Gasteiger partial charge in [-0.1, -0.05) is 170 Å². The second-order valence-corrected chi connectivity index (χ2v) is 16.7. The first kappa shape index (κ1) is 35.2. The maximum absolute atomic E-state index is 7.28. The van der Waals surface area contributed by atoms with E-state index < -0.39 is 0 Å². The number of anilines is 3. The second-order valence-electron chi connectivity index (χ2n) is 15.6. The molecule has 3 heteroatoms. The van der Waals surface area contributed by atoms with Crippen LogP contribution in [0.1, 0.15) is 0 Å². The quantitative estimate of drug-likeness (QED) is 0.160. The number of benzene rings is 10. The lowest BCUT2D eigenvalue weighted by molar-refractivity contribution is 0.674. The zero-order chi connectivity index (χ0) is 40.3. The van der Waals surface area contributed by atoms with Crippen molar-refractivity contribution in [1.82, 2.24) is 0 Å². The summed E-state index contributed by atoms with van der Waals surface area (Å²) in [5.41, 5.74) is 14.2. The van der Waals surface area contributed by atoms with Crippen molar-refractivity contribution in [1.29, 1.82) is 0 Å². The Morgan fingerprint density at radius 2 is 0.934 bits per heavy atom. The predicted octanol–water partition coefficient (Wildman–Crippen LogP) is 17.2. The smallest absolute Gasteiger partial charge is 0.145 e. The van der Waals surface area contributed by atoms with E-state index in [2.05, 4.69) is 229 Å². The van der Waals surface area contributed by atoms with E-state index in [1.807, 2.05) is 11.3 Å². The van der Waals surface area contributed by atoms with Crippen LogP contribution in [-0.2, 0) is 0 Å². The van der Waals surface area contributed by atoms with Crippen molar-refractivity contribution in [3.63, 3.8) is 0 Å². The van der Waals surface area contributed by atoms with Crippen LogP contribution in [0.4, 0.5) is 17.1 Å². The molecule has 0 saturated carbocycles. The van der Waals surface area contributed by atoms with E-state index in [0.29, 0.717) is 0 Å². The van der Waals surface area contributed by atoms with Crippen molar-refractivity contribution < 1.29 is 4.42 Å². The number of hydrogen-bond acceptors (Lipinski definition) is 3. The Morgan fingerprint density at radius 3 is 1.64 bits per heavy atom. The first-order chi connectivity index (χ1) is 30.2. The van der Waals surface area contributed by atoms with Gasteiger partial charge in [-0.15, -0.1) is 11.3 Å². The van der Waals surface area contributed by atoms with Gasteiger partial charge in [-0.3, -0.25) is 0 Å². The van der Waals surface area contributed by atoms with Crippen LogP contribution in [0.15, 0.2) is 229 Å². The summed E-state index contributed by atoms with van der Waals surface area (Å²) >= 11 is 1.85. The average molecular weight is 796 g/mol. The third-order valence-corrected chi connectivity index (χ3v) is 13.3. The van der Waals surface area contributed by atoms with Gasteiger partial charge in [-0.2, -0.15) is 0 Å². The van der Waals surface area contributed by atoms with E-state index in [1.54, 1.807) is 0 Å². The molecule has 0 aliphatic heterocycles. The van der Waals surface area contributed by atoms with Gasteiger partial charge in [0, 0.05) is 53.4 Å². The molecule has 0 amide bonds. The number of furan rings is 1. The molecule has 10 aromatic carbocycles. The van der Waals surface area contributed by atoms with Crippen LogP contribution < -0.4 is 4.90 Å². The fourth-order valence-electron chi connectivity index (χ4n) is 9.14. The predicted molar refractivity (Wildman–Crippen MR) is 261 cm³/mol. The summed E-state index contributed by atoms with van der Waals surface area (Å²) in [6.07, 6.45) is 0. The third-order valence-electron chi connectivity index (χ3n) is 12.0. The summed E-state index contributed by atoms with van der Waals surface area (Å²) in [6.45, 7) is 0. The molecule has 0 atom stereocenters. The summed E-state index contributed by atoms with van der Waals surface area (Å²) in [4.78, 5) is 2.43. The Hall–Kier alpha value is -7.72. The number of rotatable bonds is 7. The Kier molecular flexibility index (Phi) is 8.39. The standard InChI is InChI=1S/C58H37NOS/c1-4-15-38(16-5-1)41-27-30-45(31-28-41)59(46-36-43(39-17-6-2-7-18-39)35-44(37-46)40-19-8-3-9-20-40)53-34-33-49(51-25-14-24-50-48-23-12-13-26-54(48)61-58(50)51)57-55(53)52-32-29-42-21-10-11-22-47(42)56(52)60-57/h1-37H. The molecule has 0 radical (unpaired) electrons. The van der Waals surface area contributed by atoms with Crippen molar-refractivity contribution in [3.05, 3.63) is 224 Å². The zero-order valence-corrected chi connectivity index (χ0v) is 33.9. The van der Waals surface area contributed by atoms with Gasteiger partial charge in [0.1, 0.15) is 11.2 Å². The topological polar surface area (TPSA) is 16.4 Å². The summed E-state index contributed by atoms with van der Waals surface area (Å²) < 4.78 is 9.82. The molecule has 0 aliphatic rings. The van der Waals surface area contributed by atoms with Gasteiger partial charge in [0.2, 0.25) is 0 Å². The molecule has 0 saturated heterocycles. The molecule has 0 spiro atoms. The van der Waals surface area contributed by atoms with Crippen molar-refractivity contribution in [2.45, 2.75) is 0 Å². The number of thiophene rings is 1. The minimum atomic E-state index is 0.877. The third kappa shape index (κ3) is 6.01. The van der Waals surface area contributed by atoms with Crippen LogP contribution in [0.5, 0.6) is 0 Å². The minimum Gasteiger partial charge on any atom is -0.455 e. The highest BCUT2D eigenvalue weighted by Gasteiger charge is 2.25. The molecular weight excluding hydrogens is 759 g/mol. The fourth-order valence-corrected chi connectivity index (χ4v) is 10.4. The molecule has 0 unspecified atom stereocenters. The molecule has 0 bridgehead atoms. The van der Waals surface area contributed by atoms with Crippen LogP contribution >= 0.6 is 11.3 Å². The van der Waals surface area contributed by atoms with Crippen molar-refractivity contribution in [2.24, 2.45) is 0 Å². The maximum atomic E-state index is 7.28. The normalized spacial score (nSPS) is 11.6. The van der Waals surface area contributed by atoms with E-state index in [9.17, 15) is 0 Å². The number of nitrogens with zero attached hydrogens (tertiary/aromatic N) is 1. The van der Waals surface area contributed by atoms with E-state index in [1.165, 1.54) is 36.9 Å². The number of hydrogen-bond donors (Lipinski definition) is 0. The fraction of sp³-hybridized carbons (Fsp3) is 0. The van der Waals surface area contributed by atoms with Crippen molar-refractivity contribution in [3.8, 4) is 44.5 Å². The lowest BCUT2D eigenvalue weighted by atomic mass is 9.95. The van der Waals surface area contributed by atoms with Gasteiger partial charge in [0.05, 0.1) is 11.1 Å². The van der Waals surface area contributed by atoms with E-state index >= 15 is 0 Å². The second kappa shape index (κ2) is 14.5. The summed E-state index contributed by atoms with van der Waals surface area (Å²) in [5.74, 6) is 0. The van der Waals surface area contributed by atoms with Crippen LogP contribution in [-0.4, -0.2) is 0 Å². The van der Waals surface area contributed by atoms with Gasteiger partial charge in [0.15, 0.2) is 0 Å². The molecule has 2 aromatic heterocycles. The Labute approximate surface area is 357 Å². The minimum absolute atomic E-state index is 0.877. The molecule has 286 valence electrons. The lowest BCUT2D eigenvalue weighted by Crippen LogP contribution is -2.11. The average Bonchev–Trinajstić information content (AvgIpc) is 3.93. The Bertz CT molecular complexity index is 3510. The van der Waals surface area contributed by atoms with Crippen LogP contribution in [0.2, 0.25) is 0 Å². The first-order valence-corrected chi connectivity index (χ1v) is 21.6. The Balaban J connectivity index is 1.17.